The van der Waals surface area contributed by atoms with Gasteiger partial charge in [0.25, 0.3) is 0 Å². The van der Waals surface area contributed by atoms with Gasteiger partial charge in [-0.05, 0) is 66.8 Å². The van der Waals surface area contributed by atoms with Crippen LogP contribution in [0.15, 0.2) is 66.7 Å². The number of aromatic amines is 1. The molecule has 0 saturated heterocycles. The van der Waals surface area contributed by atoms with Gasteiger partial charge in [-0.1, -0.05) is 44.0 Å². The van der Waals surface area contributed by atoms with Gasteiger partial charge in [0.2, 0.25) is 0 Å². The molecule has 2 atom stereocenters. The van der Waals surface area contributed by atoms with E-state index in [1.807, 2.05) is 50.2 Å². The molecule has 3 N–H and O–H groups in total. The van der Waals surface area contributed by atoms with Gasteiger partial charge in [0, 0.05) is 36.4 Å². The van der Waals surface area contributed by atoms with Crippen LogP contribution < -0.4 is 15.4 Å². The summed E-state index contributed by atoms with van der Waals surface area (Å²) in [6.45, 7) is 5.27. The van der Waals surface area contributed by atoms with E-state index >= 15 is 0 Å². The molecule has 0 amide bonds. The molecular weight excluding hydrogens is 476 g/mol. The number of nitrogens with zero attached hydrogens (tertiary/aromatic N) is 1. The van der Waals surface area contributed by atoms with E-state index in [0.717, 1.165) is 52.6 Å². The van der Waals surface area contributed by atoms with E-state index in [9.17, 15) is 4.79 Å². The van der Waals surface area contributed by atoms with E-state index in [4.69, 9.17) is 9.53 Å². The molecule has 0 bridgehead atoms. The molecule has 200 valence electrons. The summed E-state index contributed by atoms with van der Waals surface area (Å²) in [6.07, 6.45) is 6.21. The predicted molar refractivity (Wildman–Crippen MR) is 155 cm³/mol. The van der Waals surface area contributed by atoms with Gasteiger partial charge in [-0.15, -0.1) is 0 Å². The Balaban J connectivity index is 0.000000280. The van der Waals surface area contributed by atoms with Crippen LogP contribution in [0.2, 0.25) is 0 Å². The van der Waals surface area contributed by atoms with E-state index in [-0.39, 0.29) is 0 Å². The fourth-order valence-corrected chi connectivity index (χ4v) is 4.64. The highest BCUT2D eigenvalue weighted by Gasteiger charge is 2.20. The third-order valence-corrected chi connectivity index (χ3v) is 6.93. The minimum Gasteiger partial charge on any atom is -0.497 e. The van der Waals surface area contributed by atoms with Crippen molar-refractivity contribution in [2.75, 3.05) is 19.5 Å². The third-order valence-electron chi connectivity index (χ3n) is 6.93. The van der Waals surface area contributed by atoms with E-state index < -0.39 is 0 Å². The number of hydrogen-bond acceptors (Lipinski definition) is 6. The van der Waals surface area contributed by atoms with Crippen LogP contribution in [0.1, 0.15) is 48.5 Å². The average molecular weight is 515 g/mol. The molecule has 3 aromatic carbocycles. The first kappa shape index (κ1) is 28.6. The highest BCUT2D eigenvalue weighted by molar-refractivity contribution is 5.86. The normalized spacial score (nSPS) is 16.4. The maximum Gasteiger partial charge on any atom is 0.150 e. The summed E-state index contributed by atoms with van der Waals surface area (Å²) in [7, 11) is 3.55. The molecule has 1 fully saturated rings. The molecule has 4 aromatic rings. The molecular formula is C31H38N4O3. The number of anilines is 1. The molecule has 5 rings (SSSR count). The lowest BCUT2D eigenvalue weighted by Crippen LogP contribution is -2.36. The number of fused-ring (bicyclic) bond motifs is 1. The van der Waals surface area contributed by atoms with Crippen molar-refractivity contribution in [1.29, 1.82) is 0 Å². The lowest BCUT2D eigenvalue weighted by Gasteiger charge is -2.29. The molecule has 0 aliphatic heterocycles. The van der Waals surface area contributed by atoms with Crippen LogP contribution in [0.4, 0.5) is 5.69 Å². The van der Waals surface area contributed by atoms with Gasteiger partial charge in [0.15, 0.2) is 0 Å². The summed E-state index contributed by atoms with van der Waals surface area (Å²) in [4.78, 5) is 26.9. The van der Waals surface area contributed by atoms with Gasteiger partial charge in [-0.3, -0.25) is 4.79 Å². The number of rotatable bonds is 7. The van der Waals surface area contributed by atoms with Crippen LogP contribution in [0.25, 0.3) is 22.4 Å². The van der Waals surface area contributed by atoms with Gasteiger partial charge in [-0.25, -0.2) is 4.98 Å². The molecule has 2 unspecified atom stereocenters. The van der Waals surface area contributed by atoms with Gasteiger partial charge >= 0.3 is 0 Å². The SMILES string of the molecule is C=O.CC1CCCCC1NCc1ccc(-c2nc3ccc(C=O)cc3[nH]2)cc1.CNc1ccc(OC)cc1. The molecule has 1 heterocycles. The zero-order chi connectivity index (χ0) is 27.3. The van der Waals surface area contributed by atoms with Crippen LogP contribution in [-0.2, 0) is 11.3 Å². The molecule has 0 spiro atoms. The van der Waals surface area contributed by atoms with Crippen LogP contribution in [0.5, 0.6) is 5.75 Å². The lowest BCUT2D eigenvalue weighted by atomic mass is 9.86. The Morgan fingerprint density at radius 2 is 1.74 bits per heavy atom. The topological polar surface area (TPSA) is 96.1 Å². The van der Waals surface area contributed by atoms with E-state index in [0.29, 0.717) is 11.6 Å². The largest absolute Gasteiger partial charge is 0.497 e. The van der Waals surface area contributed by atoms with Gasteiger partial charge in [0.05, 0.1) is 18.1 Å². The summed E-state index contributed by atoms with van der Waals surface area (Å²) >= 11 is 0. The second-order valence-corrected chi connectivity index (χ2v) is 9.40. The quantitative estimate of drug-likeness (QED) is 0.252. The van der Waals surface area contributed by atoms with E-state index in [1.165, 1.54) is 31.2 Å². The summed E-state index contributed by atoms with van der Waals surface area (Å²) < 4.78 is 4.99. The number of ether oxygens (including phenoxy) is 1. The molecule has 38 heavy (non-hydrogen) atoms. The van der Waals surface area contributed by atoms with Crippen molar-refractivity contribution in [3.8, 4) is 17.1 Å². The fraction of sp³-hybridized carbons (Fsp3) is 0.323. The number of aromatic nitrogens is 2. The number of carbonyl (C=O) groups is 2. The number of hydrogen-bond donors (Lipinski definition) is 3. The number of methoxy groups -OCH3 is 1. The summed E-state index contributed by atoms with van der Waals surface area (Å²) in [6, 6.07) is 22.5. The van der Waals surface area contributed by atoms with Crippen LogP contribution in [0, 0.1) is 5.92 Å². The van der Waals surface area contributed by atoms with Crippen molar-refractivity contribution in [1.82, 2.24) is 15.3 Å². The number of imidazole rings is 1. The number of H-pyrrole nitrogens is 1. The van der Waals surface area contributed by atoms with Gasteiger partial charge in [-0.2, -0.15) is 0 Å². The Labute approximate surface area is 225 Å². The molecule has 7 nitrogen and oxygen atoms in total. The molecule has 1 aliphatic carbocycles. The van der Waals surface area contributed by atoms with Crippen molar-refractivity contribution in [2.24, 2.45) is 5.92 Å². The van der Waals surface area contributed by atoms with Crippen molar-refractivity contribution in [2.45, 2.75) is 45.2 Å². The van der Waals surface area contributed by atoms with Crippen LogP contribution in [0.3, 0.4) is 0 Å². The van der Waals surface area contributed by atoms with Gasteiger partial charge in [0.1, 0.15) is 24.6 Å². The lowest BCUT2D eigenvalue weighted by molar-refractivity contribution is -0.0980. The predicted octanol–water partition coefficient (Wildman–Crippen LogP) is 6.26. The second-order valence-electron chi connectivity index (χ2n) is 9.40. The number of nitrogens with one attached hydrogen (secondary N) is 3. The molecule has 1 aromatic heterocycles. The Morgan fingerprint density at radius 3 is 2.37 bits per heavy atom. The van der Waals surface area contributed by atoms with Crippen LogP contribution >= 0.6 is 0 Å². The first-order valence-electron chi connectivity index (χ1n) is 13.0. The first-order chi connectivity index (χ1) is 18.6. The molecule has 1 aliphatic rings. The fourth-order valence-electron chi connectivity index (χ4n) is 4.64. The minimum atomic E-state index is 0.644. The smallest absolute Gasteiger partial charge is 0.150 e. The standard InChI is InChI=1S/C22H25N3O.C8H11NO.CH2O/c1-15-4-2-3-5-19(15)23-13-16-6-9-18(10-7-16)22-24-20-11-8-17(14-26)12-21(20)25-22;1-9-7-3-5-8(10-2)6-4-7;1-2/h6-12,14-15,19,23H,2-5,13H2,1H3,(H,24,25);3-6,9H,1-2H3;1H2. The highest BCUT2D eigenvalue weighted by Crippen LogP contribution is 2.25. The zero-order valence-corrected chi connectivity index (χ0v) is 22.5. The van der Waals surface area contributed by atoms with Crippen molar-refractivity contribution < 1.29 is 14.3 Å². The number of aldehydes is 1. The van der Waals surface area contributed by atoms with Crippen molar-refractivity contribution >= 4 is 29.8 Å². The summed E-state index contributed by atoms with van der Waals surface area (Å²) in [5.41, 5.74) is 5.88. The maximum atomic E-state index is 10.9. The monoisotopic (exact) mass is 514 g/mol. The molecule has 0 radical (unpaired) electrons. The molecule has 1 saturated carbocycles. The maximum absolute atomic E-state index is 10.9. The Bertz CT molecular complexity index is 1250. The minimum absolute atomic E-state index is 0.644. The summed E-state index contributed by atoms with van der Waals surface area (Å²) in [5, 5.41) is 6.75. The molecule has 7 heteroatoms. The average Bonchev–Trinajstić information content (AvgIpc) is 3.42. The zero-order valence-electron chi connectivity index (χ0n) is 22.5. The first-order valence-corrected chi connectivity index (χ1v) is 13.0. The number of carbonyl (C=O) groups excluding carboxylic acids is 2. The highest BCUT2D eigenvalue weighted by atomic mass is 16.5. The second kappa shape index (κ2) is 14.7. The Hall–Kier alpha value is -3.97. The number of benzene rings is 3. The van der Waals surface area contributed by atoms with Crippen molar-refractivity contribution in [3.63, 3.8) is 0 Å². The van der Waals surface area contributed by atoms with E-state index in [2.05, 4.69) is 51.8 Å². The van der Waals surface area contributed by atoms with Crippen LogP contribution in [-0.4, -0.2) is 43.2 Å². The van der Waals surface area contributed by atoms with Gasteiger partial charge < -0.3 is 25.1 Å². The van der Waals surface area contributed by atoms with Crippen molar-refractivity contribution in [3.05, 3.63) is 77.9 Å². The Kier molecular flexibility index (Phi) is 11.1. The summed E-state index contributed by atoms with van der Waals surface area (Å²) in [5.74, 6) is 2.50. The van der Waals surface area contributed by atoms with E-state index in [1.54, 1.807) is 13.2 Å². The third kappa shape index (κ3) is 7.76. The Morgan fingerprint density at radius 1 is 1.03 bits per heavy atom.